The van der Waals surface area contributed by atoms with Crippen LogP contribution in [0.1, 0.15) is 79.1 Å². The highest BCUT2D eigenvalue weighted by Gasteiger charge is 2.25. The Hall–Kier alpha value is -2.88. The molecule has 1 aliphatic heterocycles. The van der Waals surface area contributed by atoms with Gasteiger partial charge in [0.25, 0.3) is 5.91 Å². The second-order valence-electron chi connectivity index (χ2n) is 7.87. The van der Waals surface area contributed by atoms with Gasteiger partial charge in [-0.3, -0.25) is 9.59 Å². The molecule has 0 aliphatic carbocycles. The van der Waals surface area contributed by atoms with Gasteiger partial charge in [-0.2, -0.15) is 0 Å². The smallest absolute Gasteiger partial charge is 0.256 e. The van der Waals surface area contributed by atoms with Gasteiger partial charge in [0.1, 0.15) is 5.75 Å². The number of carbonyl (C=O) groups is 2. The topological polar surface area (TPSA) is 55.4 Å². The predicted molar refractivity (Wildman–Crippen MR) is 114 cm³/mol. The minimum absolute atomic E-state index is 0.0184. The van der Waals surface area contributed by atoms with E-state index < -0.39 is 0 Å². The molecule has 1 aliphatic rings. The van der Waals surface area contributed by atoms with E-state index in [-0.39, 0.29) is 11.7 Å². The third-order valence-corrected chi connectivity index (χ3v) is 5.14. The lowest BCUT2D eigenvalue weighted by Crippen LogP contribution is -2.04. The molecule has 0 fully saturated rings. The summed E-state index contributed by atoms with van der Waals surface area (Å²) in [6, 6.07) is 9.49. The summed E-state index contributed by atoms with van der Waals surface area (Å²) < 4.78 is 5.71. The summed E-state index contributed by atoms with van der Waals surface area (Å²) in [5.41, 5.74) is 5.88. The molecule has 146 valence electrons. The summed E-state index contributed by atoms with van der Waals surface area (Å²) in [4.78, 5) is 24.4. The number of ketones is 1. The SMILES string of the molecule is COc1c(C(C)C)cc(/C=C2/C(=O)Nc3ccc(C(C)=O)cc32)cc1C(C)C. The highest BCUT2D eigenvalue weighted by molar-refractivity contribution is 6.35. The summed E-state index contributed by atoms with van der Waals surface area (Å²) in [7, 11) is 1.70. The molecule has 0 unspecified atom stereocenters. The van der Waals surface area contributed by atoms with Crippen LogP contribution in [0.25, 0.3) is 11.6 Å². The Morgan fingerprint density at radius 2 is 1.64 bits per heavy atom. The van der Waals surface area contributed by atoms with E-state index in [9.17, 15) is 9.59 Å². The van der Waals surface area contributed by atoms with Crippen molar-refractivity contribution >= 4 is 29.0 Å². The maximum atomic E-state index is 12.6. The van der Waals surface area contributed by atoms with E-state index in [1.165, 1.54) is 6.92 Å². The lowest BCUT2D eigenvalue weighted by molar-refractivity contribution is -0.110. The zero-order valence-electron chi connectivity index (χ0n) is 17.3. The van der Waals surface area contributed by atoms with E-state index in [0.29, 0.717) is 23.0 Å². The van der Waals surface area contributed by atoms with Gasteiger partial charge in [0.2, 0.25) is 0 Å². The van der Waals surface area contributed by atoms with Crippen molar-refractivity contribution in [3.63, 3.8) is 0 Å². The van der Waals surface area contributed by atoms with Crippen LogP contribution in [0.4, 0.5) is 5.69 Å². The maximum absolute atomic E-state index is 12.6. The number of nitrogens with one attached hydrogen (secondary N) is 1. The fourth-order valence-corrected chi connectivity index (χ4v) is 3.59. The number of hydrogen-bond acceptors (Lipinski definition) is 3. The van der Waals surface area contributed by atoms with Crippen molar-refractivity contribution in [3.05, 3.63) is 58.1 Å². The summed E-state index contributed by atoms with van der Waals surface area (Å²) in [6.07, 6.45) is 1.91. The Labute approximate surface area is 166 Å². The standard InChI is InChI=1S/C24H27NO3/c1-13(2)18-9-16(10-19(14(3)4)23(18)28-6)11-21-20-12-17(15(5)26)7-8-22(20)25-24(21)27/h7-14H,1-6H3,(H,25,27)/b21-11+. The molecule has 1 heterocycles. The van der Waals surface area contributed by atoms with E-state index in [1.807, 2.05) is 6.08 Å². The molecule has 4 heteroatoms. The molecular weight excluding hydrogens is 350 g/mol. The Bertz CT molecular complexity index is 954. The summed E-state index contributed by atoms with van der Waals surface area (Å²) in [6.45, 7) is 10.1. The largest absolute Gasteiger partial charge is 0.496 e. The monoisotopic (exact) mass is 377 g/mol. The number of hydrogen-bond donors (Lipinski definition) is 1. The van der Waals surface area contributed by atoms with E-state index in [4.69, 9.17) is 4.74 Å². The first-order chi connectivity index (χ1) is 13.2. The Morgan fingerprint density at radius 1 is 1.04 bits per heavy atom. The number of anilines is 1. The third-order valence-electron chi connectivity index (χ3n) is 5.14. The summed E-state index contributed by atoms with van der Waals surface area (Å²) >= 11 is 0. The first-order valence-corrected chi connectivity index (χ1v) is 9.63. The number of fused-ring (bicyclic) bond motifs is 1. The molecule has 0 saturated carbocycles. The van der Waals surface area contributed by atoms with Crippen molar-refractivity contribution in [2.24, 2.45) is 0 Å². The molecule has 0 atom stereocenters. The van der Waals surface area contributed by atoms with E-state index in [1.54, 1.807) is 25.3 Å². The van der Waals surface area contributed by atoms with Crippen LogP contribution in [-0.2, 0) is 4.79 Å². The van der Waals surface area contributed by atoms with Crippen molar-refractivity contribution in [2.45, 2.75) is 46.5 Å². The average molecular weight is 377 g/mol. The number of rotatable bonds is 5. The number of carbonyl (C=O) groups excluding carboxylic acids is 2. The first kappa shape index (κ1) is 19.9. The van der Waals surface area contributed by atoms with Crippen LogP contribution in [-0.4, -0.2) is 18.8 Å². The van der Waals surface area contributed by atoms with E-state index >= 15 is 0 Å². The highest BCUT2D eigenvalue weighted by atomic mass is 16.5. The van der Waals surface area contributed by atoms with Gasteiger partial charge in [0, 0.05) is 22.4 Å². The molecule has 0 spiro atoms. The van der Waals surface area contributed by atoms with Crippen LogP contribution >= 0.6 is 0 Å². The maximum Gasteiger partial charge on any atom is 0.256 e. The van der Waals surface area contributed by atoms with Gasteiger partial charge >= 0.3 is 0 Å². The lowest BCUT2D eigenvalue weighted by atomic mass is 9.90. The minimum atomic E-state index is -0.149. The van der Waals surface area contributed by atoms with E-state index in [0.717, 1.165) is 33.7 Å². The molecule has 28 heavy (non-hydrogen) atoms. The molecule has 4 nitrogen and oxygen atoms in total. The number of methoxy groups -OCH3 is 1. The van der Waals surface area contributed by atoms with Gasteiger partial charge in [0.15, 0.2) is 5.78 Å². The van der Waals surface area contributed by atoms with Crippen molar-refractivity contribution in [1.29, 1.82) is 0 Å². The lowest BCUT2D eigenvalue weighted by Gasteiger charge is -2.19. The number of amides is 1. The van der Waals surface area contributed by atoms with Gasteiger partial charge in [-0.05, 0) is 71.9 Å². The first-order valence-electron chi connectivity index (χ1n) is 9.63. The van der Waals surface area contributed by atoms with Gasteiger partial charge in [0.05, 0.1) is 7.11 Å². The Balaban J connectivity index is 2.18. The van der Waals surface area contributed by atoms with Crippen LogP contribution in [0.15, 0.2) is 30.3 Å². The zero-order valence-corrected chi connectivity index (χ0v) is 17.3. The number of ether oxygens (including phenoxy) is 1. The molecule has 1 N–H and O–H groups in total. The Kier molecular flexibility index (Phi) is 5.41. The minimum Gasteiger partial charge on any atom is -0.496 e. The number of benzene rings is 2. The van der Waals surface area contributed by atoms with Gasteiger partial charge in [-0.1, -0.05) is 27.7 Å². The highest BCUT2D eigenvalue weighted by Crippen LogP contribution is 2.38. The molecule has 2 aromatic rings. The Morgan fingerprint density at radius 3 is 2.14 bits per heavy atom. The zero-order chi connectivity index (χ0) is 20.6. The summed E-state index contributed by atoms with van der Waals surface area (Å²) in [5, 5.41) is 2.89. The quantitative estimate of drug-likeness (QED) is 0.542. The van der Waals surface area contributed by atoms with Crippen LogP contribution in [0.3, 0.4) is 0 Å². The van der Waals surface area contributed by atoms with Crippen molar-refractivity contribution < 1.29 is 14.3 Å². The predicted octanol–water partition coefficient (Wildman–Crippen LogP) is 5.64. The third kappa shape index (κ3) is 3.59. The van der Waals surface area contributed by atoms with Gasteiger partial charge < -0.3 is 10.1 Å². The fourth-order valence-electron chi connectivity index (χ4n) is 3.59. The normalized spacial score (nSPS) is 14.6. The number of Topliss-reactive ketones (excluding diaryl/α,β-unsaturated/α-hetero) is 1. The van der Waals surface area contributed by atoms with Crippen molar-refractivity contribution in [3.8, 4) is 5.75 Å². The van der Waals surface area contributed by atoms with Crippen molar-refractivity contribution in [1.82, 2.24) is 0 Å². The molecule has 0 bridgehead atoms. The molecule has 2 aromatic carbocycles. The van der Waals surface area contributed by atoms with Crippen molar-refractivity contribution in [2.75, 3.05) is 12.4 Å². The van der Waals surface area contributed by atoms with Crippen LogP contribution in [0.2, 0.25) is 0 Å². The van der Waals surface area contributed by atoms with Crippen LogP contribution < -0.4 is 10.1 Å². The van der Waals surface area contributed by atoms with E-state index in [2.05, 4.69) is 45.1 Å². The molecule has 0 saturated heterocycles. The van der Waals surface area contributed by atoms with Crippen LogP contribution in [0, 0.1) is 0 Å². The fraction of sp³-hybridized carbons (Fsp3) is 0.333. The molecule has 0 aromatic heterocycles. The van der Waals surface area contributed by atoms with Gasteiger partial charge in [-0.15, -0.1) is 0 Å². The second kappa shape index (κ2) is 7.63. The average Bonchev–Trinajstić information content (AvgIpc) is 2.95. The summed E-state index contributed by atoms with van der Waals surface area (Å²) in [5.74, 6) is 1.33. The van der Waals surface area contributed by atoms with Gasteiger partial charge in [-0.25, -0.2) is 0 Å². The molecule has 3 rings (SSSR count). The molecular formula is C24H27NO3. The van der Waals surface area contributed by atoms with Crippen LogP contribution in [0.5, 0.6) is 5.75 Å². The molecule has 0 radical (unpaired) electrons. The molecule has 1 amide bonds. The second-order valence-corrected chi connectivity index (χ2v) is 7.87.